The highest BCUT2D eigenvalue weighted by molar-refractivity contribution is 7.93. The second-order valence-electron chi connectivity index (χ2n) is 10.7. The maximum Gasteiger partial charge on any atom is 0.335 e. The van der Waals surface area contributed by atoms with Crippen molar-refractivity contribution in [1.29, 1.82) is 10.5 Å². The number of nitriles is 2. The average molecular weight is 765 g/mol. The number of benzene rings is 3. The van der Waals surface area contributed by atoms with E-state index in [-0.39, 0.29) is 27.4 Å². The fourth-order valence-corrected chi connectivity index (χ4v) is 7.12. The topological polar surface area (TPSA) is 331 Å². The first-order chi connectivity index (χ1) is 24.8. The first kappa shape index (κ1) is 38.6. The summed E-state index contributed by atoms with van der Waals surface area (Å²) in [7, 11) is -7.55. The zero-order valence-electron chi connectivity index (χ0n) is 26.9. The summed E-state index contributed by atoms with van der Waals surface area (Å²) in [5, 5.41) is 61.3. The summed E-state index contributed by atoms with van der Waals surface area (Å²) in [6, 6.07) is 12.6. The Bertz CT molecular complexity index is 2330. The van der Waals surface area contributed by atoms with Crippen LogP contribution in [-0.4, -0.2) is 94.6 Å². The van der Waals surface area contributed by atoms with Gasteiger partial charge < -0.3 is 31.1 Å². The summed E-state index contributed by atoms with van der Waals surface area (Å²) >= 11 is 0. The lowest BCUT2D eigenvalue weighted by Gasteiger charge is -2.19. The molecular formula is C31H24N8O12S2. The van der Waals surface area contributed by atoms with Crippen LogP contribution in [0.1, 0.15) is 59.0 Å². The molecule has 0 spiro atoms. The van der Waals surface area contributed by atoms with Crippen molar-refractivity contribution < 1.29 is 56.4 Å². The molecule has 0 aliphatic rings. The fourth-order valence-electron chi connectivity index (χ4n) is 4.49. The molecule has 53 heavy (non-hydrogen) atoms. The Hall–Kier alpha value is -7.17. The zero-order chi connectivity index (χ0) is 39.2. The maximum atomic E-state index is 13.4. The molecule has 0 aliphatic heterocycles. The lowest BCUT2D eigenvalue weighted by atomic mass is 10.1. The second kappa shape index (κ2) is 15.4. The van der Waals surface area contributed by atoms with E-state index in [9.17, 15) is 61.7 Å². The van der Waals surface area contributed by atoms with Gasteiger partial charge in [0, 0.05) is 18.4 Å². The summed E-state index contributed by atoms with van der Waals surface area (Å²) in [6.45, 7) is 0. The average Bonchev–Trinajstić information content (AvgIpc) is 3.10. The molecular weight excluding hydrogens is 741 g/mol. The van der Waals surface area contributed by atoms with Crippen LogP contribution in [0.4, 0.5) is 29.2 Å². The highest BCUT2D eigenvalue weighted by Crippen LogP contribution is 2.25. The van der Waals surface area contributed by atoms with Crippen molar-refractivity contribution >= 4 is 73.0 Å². The van der Waals surface area contributed by atoms with Crippen LogP contribution in [0, 0.1) is 22.7 Å². The summed E-state index contributed by atoms with van der Waals surface area (Å²) in [4.78, 5) is 58.4. The lowest BCUT2D eigenvalue weighted by Crippen LogP contribution is -2.31. The van der Waals surface area contributed by atoms with Gasteiger partial charge in [-0.3, -0.25) is 0 Å². The second-order valence-corrected chi connectivity index (χ2v) is 15.0. The van der Waals surface area contributed by atoms with Gasteiger partial charge in [-0.2, -0.15) is 25.5 Å². The summed E-state index contributed by atoms with van der Waals surface area (Å²) in [5.41, 5.74) is -2.40. The van der Waals surface area contributed by atoms with E-state index in [1.165, 1.54) is 0 Å². The molecule has 4 aromatic rings. The molecule has 0 fully saturated rings. The molecule has 272 valence electrons. The number of aromatic carboxylic acids is 4. The van der Waals surface area contributed by atoms with Crippen LogP contribution in [-0.2, 0) is 19.9 Å². The number of carboxylic acids is 4. The highest BCUT2D eigenvalue weighted by Gasteiger charge is 2.25. The van der Waals surface area contributed by atoms with Gasteiger partial charge in [0.25, 0.3) is 0 Å². The fraction of sp³-hybridized carbons (Fsp3) is 0.129. The third-order valence-electron chi connectivity index (χ3n) is 7.10. The van der Waals surface area contributed by atoms with Crippen molar-refractivity contribution in [3.8, 4) is 12.1 Å². The van der Waals surface area contributed by atoms with Crippen LogP contribution < -0.4 is 14.9 Å². The molecule has 0 saturated carbocycles. The lowest BCUT2D eigenvalue weighted by molar-refractivity contribution is 0.0676. The van der Waals surface area contributed by atoms with Crippen molar-refractivity contribution in [2.75, 3.05) is 33.5 Å². The van der Waals surface area contributed by atoms with E-state index in [2.05, 4.69) is 25.6 Å². The molecule has 1 aromatic heterocycles. The smallest absolute Gasteiger partial charge is 0.335 e. The van der Waals surface area contributed by atoms with Gasteiger partial charge >= 0.3 is 23.9 Å². The van der Waals surface area contributed by atoms with Crippen molar-refractivity contribution in [2.45, 2.75) is 11.3 Å². The van der Waals surface area contributed by atoms with Crippen LogP contribution in [0.25, 0.3) is 0 Å². The molecule has 20 nitrogen and oxygen atoms in total. The number of nitrogens with zero attached hydrogens (tertiary/aromatic N) is 6. The zero-order valence-corrected chi connectivity index (χ0v) is 28.5. The van der Waals surface area contributed by atoms with Crippen molar-refractivity contribution in [2.24, 2.45) is 0 Å². The maximum absolute atomic E-state index is 13.4. The number of hydrogen-bond acceptors (Lipinski definition) is 15. The van der Waals surface area contributed by atoms with E-state index in [4.69, 9.17) is 5.26 Å². The van der Waals surface area contributed by atoms with Gasteiger partial charge in [0.05, 0.1) is 49.8 Å². The first-order valence-corrected chi connectivity index (χ1v) is 17.8. The molecule has 0 unspecified atom stereocenters. The van der Waals surface area contributed by atoms with Gasteiger partial charge in [-0.05, 0) is 61.0 Å². The van der Waals surface area contributed by atoms with Gasteiger partial charge in [0.2, 0.25) is 27.9 Å². The molecule has 0 bridgehead atoms. The van der Waals surface area contributed by atoms with Crippen LogP contribution in [0.2, 0.25) is 0 Å². The Morgan fingerprint density at radius 3 is 1.49 bits per heavy atom. The number of aromatic nitrogens is 3. The van der Waals surface area contributed by atoms with E-state index >= 15 is 0 Å². The predicted octanol–water partition coefficient (Wildman–Crippen LogP) is 2.52. The third-order valence-corrected chi connectivity index (χ3v) is 10.7. The highest BCUT2D eigenvalue weighted by atomic mass is 32.2. The minimum absolute atomic E-state index is 0.0513. The van der Waals surface area contributed by atoms with E-state index in [0.29, 0.717) is 4.31 Å². The molecule has 0 radical (unpaired) electrons. The van der Waals surface area contributed by atoms with Gasteiger partial charge in [-0.25, -0.2) is 40.3 Å². The van der Waals surface area contributed by atoms with Crippen molar-refractivity contribution in [1.82, 2.24) is 15.0 Å². The minimum Gasteiger partial charge on any atom is -0.478 e. The molecule has 0 saturated heterocycles. The number of nitrogens with one attached hydrogen (secondary N) is 2. The molecule has 1 heterocycles. The molecule has 22 heteroatoms. The quantitative estimate of drug-likeness (QED) is 0.101. The van der Waals surface area contributed by atoms with E-state index < -0.39 is 102 Å². The van der Waals surface area contributed by atoms with Gasteiger partial charge in [0.1, 0.15) is 12.1 Å². The Balaban J connectivity index is 1.71. The Morgan fingerprint density at radius 1 is 0.660 bits per heavy atom. The summed E-state index contributed by atoms with van der Waals surface area (Å²) in [5.74, 6) is -9.04. The monoisotopic (exact) mass is 764 g/mol. The van der Waals surface area contributed by atoms with Crippen LogP contribution in [0.15, 0.2) is 59.5 Å². The molecule has 4 rings (SSSR count). The van der Waals surface area contributed by atoms with Crippen LogP contribution in [0.3, 0.4) is 0 Å². The Morgan fingerprint density at radius 2 is 1.09 bits per heavy atom. The predicted molar refractivity (Wildman–Crippen MR) is 182 cm³/mol. The standard InChI is InChI=1S/C31H24N8O12S2/c1-39(53(50,51)6-2-5-52(48,49)24-4-3-16(14-32)21(13-24)15-33)31-37-29(34-22-9-17(25(40)41)7-18(10-22)26(42)43)36-30(38-31)35-23-11-19(27(44)45)8-20(12-23)28(46)47/h3-4,7-13H,2,5-6H2,1H3,(H,40,41)(H,42,43)(H,44,45)(H,46,47)(H2,34,35,36,37,38). The number of sulfonamides is 1. The Kier molecular flexibility index (Phi) is 11.2. The van der Waals surface area contributed by atoms with Crippen molar-refractivity contribution in [3.05, 3.63) is 88.0 Å². The van der Waals surface area contributed by atoms with Gasteiger partial charge in [-0.15, -0.1) is 0 Å². The van der Waals surface area contributed by atoms with Crippen LogP contribution >= 0.6 is 0 Å². The number of hydrogen-bond donors (Lipinski definition) is 6. The van der Waals surface area contributed by atoms with E-state index in [0.717, 1.165) is 61.6 Å². The number of sulfone groups is 1. The molecule has 0 aliphatic carbocycles. The number of carboxylic acid groups (broad SMARTS) is 4. The third kappa shape index (κ3) is 9.34. The largest absolute Gasteiger partial charge is 0.478 e. The molecule has 6 N–H and O–H groups in total. The SMILES string of the molecule is CN(c1nc(Nc2cc(C(=O)O)cc(C(=O)O)c2)nc(Nc2cc(C(=O)O)cc(C(=O)O)c2)n1)S(=O)(=O)CCCS(=O)(=O)c1ccc(C#N)c(C#N)c1. The summed E-state index contributed by atoms with van der Waals surface area (Å²) in [6.07, 6.45) is -0.460. The number of carbonyl (C=O) groups is 4. The summed E-state index contributed by atoms with van der Waals surface area (Å²) < 4.78 is 53.2. The Labute approximate surface area is 299 Å². The van der Waals surface area contributed by atoms with Gasteiger partial charge in [-0.1, -0.05) is 0 Å². The van der Waals surface area contributed by atoms with Gasteiger partial charge in [0.15, 0.2) is 9.84 Å². The van der Waals surface area contributed by atoms with E-state index in [1.807, 2.05) is 0 Å². The first-order valence-electron chi connectivity index (χ1n) is 14.5. The number of anilines is 5. The molecule has 3 aromatic carbocycles. The minimum atomic E-state index is -4.44. The van der Waals surface area contributed by atoms with Crippen molar-refractivity contribution in [3.63, 3.8) is 0 Å². The van der Waals surface area contributed by atoms with Crippen LogP contribution in [0.5, 0.6) is 0 Å². The van der Waals surface area contributed by atoms with E-state index in [1.54, 1.807) is 12.1 Å². The number of rotatable bonds is 15. The molecule has 0 atom stereocenters. The molecule has 0 amide bonds. The normalized spacial score (nSPS) is 11.1.